The van der Waals surface area contributed by atoms with E-state index in [1.54, 1.807) is 31.4 Å². The minimum absolute atomic E-state index is 0.00871. The first kappa shape index (κ1) is 27.9. The lowest BCUT2D eigenvalue weighted by atomic mass is 10.0. The highest BCUT2D eigenvalue weighted by atomic mass is 19.1. The molecule has 1 atom stereocenters. The van der Waals surface area contributed by atoms with Crippen LogP contribution < -0.4 is 19.5 Å². The van der Waals surface area contributed by atoms with Gasteiger partial charge in [-0.25, -0.2) is 4.39 Å². The fraction of sp³-hybridized carbons (Fsp3) is 0.533. The zero-order chi connectivity index (χ0) is 26.7. The van der Waals surface area contributed by atoms with Gasteiger partial charge in [0.05, 0.1) is 7.11 Å². The average molecular weight is 527 g/mol. The molecule has 2 aliphatic heterocycles. The molecule has 0 aromatic heterocycles. The van der Waals surface area contributed by atoms with Crippen molar-refractivity contribution in [2.45, 2.75) is 63.6 Å². The number of carbonyl (C=O) groups is 2. The summed E-state index contributed by atoms with van der Waals surface area (Å²) in [6.07, 6.45) is 4.18. The molecule has 8 heteroatoms. The van der Waals surface area contributed by atoms with Gasteiger partial charge in [-0.1, -0.05) is 12.5 Å². The quantitative estimate of drug-likeness (QED) is 0.300. The minimum Gasteiger partial charge on any atom is -0.497 e. The van der Waals surface area contributed by atoms with Crippen LogP contribution >= 0.6 is 0 Å². The Bertz CT molecular complexity index is 1050. The van der Waals surface area contributed by atoms with Gasteiger partial charge in [-0.05, 0) is 74.1 Å². The van der Waals surface area contributed by atoms with Crippen LogP contribution in [0, 0.1) is 0 Å². The maximum absolute atomic E-state index is 13.6. The molecule has 38 heavy (non-hydrogen) atoms. The monoisotopic (exact) mass is 526 g/mol. The number of nitrogens with one attached hydrogen (secondary N) is 1. The van der Waals surface area contributed by atoms with Crippen LogP contribution in [0.15, 0.2) is 42.5 Å². The number of unbranched alkanes of at least 4 members (excludes halogenated alkanes) is 2. The number of benzene rings is 2. The molecule has 2 aromatic rings. The van der Waals surface area contributed by atoms with E-state index in [0.29, 0.717) is 70.5 Å². The molecule has 1 fully saturated rings. The van der Waals surface area contributed by atoms with Gasteiger partial charge in [0.15, 0.2) is 17.3 Å². The Labute approximate surface area is 224 Å². The van der Waals surface area contributed by atoms with E-state index in [0.717, 1.165) is 42.1 Å². The molecule has 206 valence electrons. The van der Waals surface area contributed by atoms with Gasteiger partial charge in [0.2, 0.25) is 5.91 Å². The molecule has 1 N–H and O–H groups in total. The molecule has 1 amide bonds. The number of carbonyl (C=O) groups excluding carboxylic acids is 2. The van der Waals surface area contributed by atoms with Crippen LogP contribution in [0.4, 0.5) is 4.39 Å². The highest BCUT2D eigenvalue weighted by Crippen LogP contribution is 2.31. The Morgan fingerprint density at radius 2 is 1.71 bits per heavy atom. The summed E-state index contributed by atoms with van der Waals surface area (Å²) in [7, 11) is 1.60. The fourth-order valence-corrected chi connectivity index (χ4v) is 5.03. The second kappa shape index (κ2) is 14.1. The Balaban J connectivity index is 1.24. The van der Waals surface area contributed by atoms with Crippen molar-refractivity contribution >= 4 is 11.7 Å². The molecule has 0 radical (unpaired) electrons. The highest BCUT2D eigenvalue weighted by Gasteiger charge is 2.23. The summed E-state index contributed by atoms with van der Waals surface area (Å²) in [6, 6.07) is 13.0. The molecule has 0 spiro atoms. The Morgan fingerprint density at radius 1 is 1.00 bits per heavy atom. The summed E-state index contributed by atoms with van der Waals surface area (Å²) < 4.78 is 30.1. The van der Waals surface area contributed by atoms with Crippen LogP contribution in [0.2, 0.25) is 0 Å². The van der Waals surface area contributed by atoms with Gasteiger partial charge in [-0.3, -0.25) is 9.59 Å². The molecule has 0 saturated carbocycles. The summed E-state index contributed by atoms with van der Waals surface area (Å²) in [5, 5.41) is 3.22. The third-order valence-electron chi connectivity index (χ3n) is 7.17. The maximum atomic E-state index is 13.6. The number of ether oxygens (including phenoxy) is 3. The van der Waals surface area contributed by atoms with Crippen molar-refractivity contribution in [2.24, 2.45) is 0 Å². The van der Waals surface area contributed by atoms with Gasteiger partial charge >= 0.3 is 0 Å². The van der Waals surface area contributed by atoms with E-state index >= 15 is 0 Å². The lowest BCUT2D eigenvalue weighted by Crippen LogP contribution is -2.47. The highest BCUT2D eigenvalue weighted by molar-refractivity contribution is 5.96. The first-order chi connectivity index (χ1) is 18.5. The molecule has 0 aliphatic carbocycles. The van der Waals surface area contributed by atoms with Crippen molar-refractivity contribution in [1.29, 1.82) is 0 Å². The number of amides is 1. The lowest BCUT2D eigenvalue weighted by molar-refractivity contribution is -0.122. The van der Waals surface area contributed by atoms with E-state index in [1.165, 1.54) is 0 Å². The van der Waals surface area contributed by atoms with Crippen molar-refractivity contribution in [3.63, 3.8) is 0 Å². The molecular formula is C30H39FN2O5. The van der Waals surface area contributed by atoms with Crippen LogP contribution in [-0.4, -0.2) is 68.8 Å². The number of piperidine rings is 1. The maximum Gasteiger partial charge on any atom is 0.220 e. The van der Waals surface area contributed by atoms with Crippen molar-refractivity contribution in [2.75, 3.05) is 40.0 Å². The van der Waals surface area contributed by atoms with Crippen LogP contribution in [0.1, 0.15) is 60.9 Å². The fourth-order valence-electron chi connectivity index (χ4n) is 5.03. The molecule has 2 aromatic carbocycles. The summed E-state index contributed by atoms with van der Waals surface area (Å²) in [4.78, 5) is 27.5. The second-order valence-corrected chi connectivity index (χ2v) is 10.1. The van der Waals surface area contributed by atoms with Gasteiger partial charge in [-0.15, -0.1) is 0 Å². The number of methoxy groups -OCH3 is 1. The molecule has 0 bridgehead atoms. The number of rotatable bonds is 13. The predicted octanol–water partition coefficient (Wildman–Crippen LogP) is 4.76. The minimum atomic E-state index is -0.728. The van der Waals surface area contributed by atoms with Crippen LogP contribution in [-0.2, 0) is 11.2 Å². The standard InChI is InChI=1S/C30H39FN2O5/c1-36-26-10-8-23(9-11-26)27(34)5-3-2-4-6-30(35)32-25(21-33-15-13-24(31)14-16-33)19-22-7-12-28-29(20-22)38-18-17-37-28/h7-12,20,24-25H,2-6,13-19,21H2,1H3,(H,32,35)/t25-/m0/s1. The number of alkyl halides is 1. The first-order valence-corrected chi connectivity index (χ1v) is 13.7. The molecular weight excluding hydrogens is 487 g/mol. The molecule has 1 saturated heterocycles. The number of ketones is 1. The van der Waals surface area contributed by atoms with Gasteiger partial charge < -0.3 is 24.4 Å². The normalized spacial score (nSPS) is 16.6. The summed E-state index contributed by atoms with van der Waals surface area (Å²) >= 11 is 0. The van der Waals surface area contributed by atoms with E-state index in [1.807, 2.05) is 18.2 Å². The predicted molar refractivity (Wildman–Crippen MR) is 144 cm³/mol. The van der Waals surface area contributed by atoms with Crippen LogP contribution in [0.3, 0.4) is 0 Å². The van der Waals surface area contributed by atoms with E-state index in [2.05, 4.69) is 10.2 Å². The SMILES string of the molecule is COc1ccc(C(=O)CCCCCC(=O)N[C@@H](Cc2ccc3c(c2)OCCO3)CN2CCC(F)CC2)cc1. The van der Waals surface area contributed by atoms with E-state index < -0.39 is 6.17 Å². The van der Waals surface area contributed by atoms with E-state index in [4.69, 9.17) is 14.2 Å². The molecule has 2 aliphatic rings. The number of Topliss-reactive ketones (excluding diaryl/α,β-unsaturated/α-hetero) is 1. The number of likely N-dealkylation sites (tertiary alicyclic amines) is 1. The average Bonchev–Trinajstić information content (AvgIpc) is 2.94. The third-order valence-corrected chi connectivity index (χ3v) is 7.17. The number of hydrogen-bond acceptors (Lipinski definition) is 6. The molecule has 0 unspecified atom stereocenters. The van der Waals surface area contributed by atoms with Crippen molar-refractivity contribution < 1.29 is 28.2 Å². The topological polar surface area (TPSA) is 77.1 Å². The second-order valence-electron chi connectivity index (χ2n) is 10.1. The van der Waals surface area contributed by atoms with Gasteiger partial charge in [0.25, 0.3) is 0 Å². The summed E-state index contributed by atoms with van der Waals surface area (Å²) in [5.41, 5.74) is 1.75. The Morgan fingerprint density at radius 3 is 2.45 bits per heavy atom. The van der Waals surface area contributed by atoms with Crippen molar-refractivity contribution in [3.8, 4) is 17.2 Å². The van der Waals surface area contributed by atoms with Gasteiger partial charge in [-0.2, -0.15) is 0 Å². The first-order valence-electron chi connectivity index (χ1n) is 13.7. The molecule has 4 rings (SSSR count). The number of nitrogens with zero attached hydrogens (tertiary/aromatic N) is 1. The lowest BCUT2D eigenvalue weighted by Gasteiger charge is -2.32. The largest absolute Gasteiger partial charge is 0.497 e. The zero-order valence-corrected chi connectivity index (χ0v) is 22.3. The van der Waals surface area contributed by atoms with Gasteiger partial charge in [0, 0.05) is 44.1 Å². The smallest absolute Gasteiger partial charge is 0.220 e. The third kappa shape index (κ3) is 8.45. The zero-order valence-electron chi connectivity index (χ0n) is 22.3. The van der Waals surface area contributed by atoms with Crippen LogP contribution in [0.5, 0.6) is 17.2 Å². The van der Waals surface area contributed by atoms with Crippen LogP contribution in [0.25, 0.3) is 0 Å². The molecule has 2 heterocycles. The van der Waals surface area contributed by atoms with Crippen molar-refractivity contribution in [1.82, 2.24) is 10.2 Å². The Hall–Kier alpha value is -3.13. The number of hydrogen-bond donors (Lipinski definition) is 1. The Kier molecular flexibility index (Phi) is 10.4. The number of halogens is 1. The van der Waals surface area contributed by atoms with E-state index in [-0.39, 0.29) is 17.7 Å². The molecule has 7 nitrogen and oxygen atoms in total. The van der Waals surface area contributed by atoms with Crippen molar-refractivity contribution in [3.05, 3.63) is 53.6 Å². The number of fused-ring (bicyclic) bond motifs is 1. The van der Waals surface area contributed by atoms with E-state index in [9.17, 15) is 14.0 Å². The summed E-state index contributed by atoms with van der Waals surface area (Å²) in [6.45, 7) is 3.17. The van der Waals surface area contributed by atoms with Gasteiger partial charge in [0.1, 0.15) is 25.1 Å². The summed E-state index contributed by atoms with van der Waals surface area (Å²) in [5.74, 6) is 2.33.